The Hall–Kier alpha value is -0.800. The number of ether oxygens (including phenoxy) is 1. The lowest BCUT2D eigenvalue weighted by Gasteiger charge is -2.08. The van der Waals surface area contributed by atoms with Crippen LogP contribution in [0.1, 0.15) is 10.4 Å². The van der Waals surface area contributed by atoms with Crippen LogP contribution in [0.2, 0.25) is 5.02 Å². The molecule has 0 bridgehead atoms. The van der Waals surface area contributed by atoms with Gasteiger partial charge in [0.1, 0.15) is 11.4 Å². The second kappa shape index (κ2) is 5.93. The highest BCUT2D eigenvalue weighted by Gasteiger charge is 2.17. The van der Waals surface area contributed by atoms with Crippen molar-refractivity contribution in [1.29, 1.82) is 0 Å². The predicted molar refractivity (Wildman–Crippen MR) is 64.3 cm³/mol. The number of hydrogen-bond donors (Lipinski definition) is 0. The van der Waals surface area contributed by atoms with Crippen LogP contribution in [0.5, 0.6) is 0 Å². The molecule has 0 aliphatic carbocycles. The topological polar surface area (TPSA) is 26.3 Å². The number of hydrogen-bond acceptors (Lipinski definition) is 2. The fourth-order valence-electron chi connectivity index (χ4n) is 0.982. The minimum Gasteiger partial charge on any atom is -0.460 e. The van der Waals surface area contributed by atoms with E-state index in [2.05, 4.69) is 22.5 Å². The van der Waals surface area contributed by atoms with E-state index in [0.717, 1.165) is 5.56 Å². The molecule has 0 radical (unpaired) electrons. The molecule has 1 aromatic rings. The fraction of sp³-hybridized carbons (Fsp3) is 0.182. The van der Waals surface area contributed by atoms with Crippen LogP contribution in [0, 0.1) is 0 Å². The van der Waals surface area contributed by atoms with Crippen molar-refractivity contribution in [1.82, 2.24) is 0 Å². The molecule has 0 fully saturated rings. The summed E-state index contributed by atoms with van der Waals surface area (Å²) in [4.78, 5) is 11.0. The molecule has 0 saturated heterocycles. The van der Waals surface area contributed by atoms with E-state index in [1.54, 1.807) is 24.3 Å². The van der Waals surface area contributed by atoms with Gasteiger partial charge < -0.3 is 4.74 Å². The van der Waals surface area contributed by atoms with Crippen molar-refractivity contribution in [3.05, 3.63) is 47.5 Å². The van der Waals surface area contributed by atoms with Gasteiger partial charge in [0.25, 0.3) is 0 Å². The number of halogens is 2. The molecule has 80 valence electrons. The molecule has 0 aliphatic heterocycles. The molecular formula is C11H10BrClO2. The van der Waals surface area contributed by atoms with Crippen LogP contribution in [0.4, 0.5) is 0 Å². The molecule has 1 rings (SSSR count). The zero-order valence-electron chi connectivity index (χ0n) is 7.95. The highest BCUT2D eigenvalue weighted by molar-refractivity contribution is 9.09. The number of rotatable bonds is 4. The summed E-state index contributed by atoms with van der Waals surface area (Å²) in [6.45, 7) is 3.68. The summed E-state index contributed by atoms with van der Waals surface area (Å²) in [5, 5.41) is 0.637. The molecule has 0 aliphatic rings. The standard InChI is InChI=1S/C11H10BrClO2/c1-2-7-15-11(14)10(12)8-3-5-9(13)6-4-8/h2-6,10H,1,7H2. The quantitative estimate of drug-likeness (QED) is 0.482. The first-order chi connectivity index (χ1) is 7.15. The summed E-state index contributed by atoms with van der Waals surface area (Å²) in [6.07, 6.45) is 1.53. The number of benzene rings is 1. The molecular weight excluding hydrogens is 279 g/mol. The molecule has 4 heteroatoms. The molecule has 0 spiro atoms. The first-order valence-electron chi connectivity index (χ1n) is 4.32. The third-order valence-electron chi connectivity index (χ3n) is 1.71. The first-order valence-corrected chi connectivity index (χ1v) is 5.61. The van der Waals surface area contributed by atoms with E-state index in [0.29, 0.717) is 5.02 Å². The van der Waals surface area contributed by atoms with Gasteiger partial charge in [-0.1, -0.05) is 52.3 Å². The Morgan fingerprint density at radius 3 is 2.67 bits per heavy atom. The monoisotopic (exact) mass is 288 g/mol. The van der Waals surface area contributed by atoms with Crippen molar-refractivity contribution in [2.24, 2.45) is 0 Å². The SMILES string of the molecule is C=CCOC(=O)C(Br)c1ccc(Cl)cc1. The summed E-state index contributed by atoms with van der Waals surface area (Å²) >= 11 is 8.99. The maximum atomic E-state index is 11.4. The van der Waals surface area contributed by atoms with Gasteiger partial charge in [-0.3, -0.25) is 4.79 Å². The molecule has 15 heavy (non-hydrogen) atoms. The van der Waals surface area contributed by atoms with Gasteiger partial charge in [-0.05, 0) is 17.7 Å². The number of alkyl halides is 1. The van der Waals surface area contributed by atoms with E-state index in [9.17, 15) is 4.79 Å². The van der Waals surface area contributed by atoms with Crippen molar-refractivity contribution < 1.29 is 9.53 Å². The van der Waals surface area contributed by atoms with E-state index in [1.165, 1.54) is 6.08 Å². The van der Waals surface area contributed by atoms with Crippen LogP contribution in [-0.2, 0) is 9.53 Å². The molecule has 0 aromatic heterocycles. The second-order valence-electron chi connectivity index (χ2n) is 2.83. The zero-order valence-corrected chi connectivity index (χ0v) is 10.3. The minimum absolute atomic E-state index is 0.217. The van der Waals surface area contributed by atoms with Crippen LogP contribution in [0.3, 0.4) is 0 Å². The largest absolute Gasteiger partial charge is 0.460 e. The summed E-state index contributed by atoms with van der Waals surface area (Å²) in [7, 11) is 0. The van der Waals surface area contributed by atoms with Crippen molar-refractivity contribution in [3.63, 3.8) is 0 Å². The van der Waals surface area contributed by atoms with E-state index < -0.39 is 4.83 Å². The fourth-order valence-corrected chi connectivity index (χ4v) is 1.55. The third kappa shape index (κ3) is 3.68. The highest BCUT2D eigenvalue weighted by atomic mass is 79.9. The van der Waals surface area contributed by atoms with Crippen molar-refractivity contribution in [3.8, 4) is 0 Å². The second-order valence-corrected chi connectivity index (χ2v) is 4.18. The minimum atomic E-state index is -0.463. The zero-order chi connectivity index (χ0) is 11.3. The average molecular weight is 290 g/mol. The predicted octanol–water partition coefficient (Wildman–Crippen LogP) is 3.51. The van der Waals surface area contributed by atoms with Crippen molar-refractivity contribution >= 4 is 33.5 Å². The van der Waals surface area contributed by atoms with Crippen LogP contribution in [0.15, 0.2) is 36.9 Å². The lowest BCUT2D eigenvalue weighted by atomic mass is 10.1. The van der Waals surface area contributed by atoms with Gasteiger partial charge in [-0.2, -0.15) is 0 Å². The number of esters is 1. The Morgan fingerprint density at radius 1 is 1.53 bits per heavy atom. The van der Waals surface area contributed by atoms with Crippen molar-refractivity contribution in [2.45, 2.75) is 4.83 Å². The van der Waals surface area contributed by atoms with E-state index >= 15 is 0 Å². The maximum Gasteiger partial charge on any atom is 0.324 e. The van der Waals surface area contributed by atoms with Crippen molar-refractivity contribution in [2.75, 3.05) is 6.61 Å². The third-order valence-corrected chi connectivity index (χ3v) is 2.87. The van der Waals surface area contributed by atoms with Crippen LogP contribution in [0.25, 0.3) is 0 Å². The van der Waals surface area contributed by atoms with Gasteiger partial charge in [0.05, 0.1) is 0 Å². The van der Waals surface area contributed by atoms with Gasteiger partial charge in [0, 0.05) is 5.02 Å². The van der Waals surface area contributed by atoms with E-state index in [4.69, 9.17) is 16.3 Å². The first kappa shape index (κ1) is 12.3. The molecule has 0 saturated carbocycles. The van der Waals surface area contributed by atoms with Crippen LogP contribution >= 0.6 is 27.5 Å². The Morgan fingerprint density at radius 2 is 2.13 bits per heavy atom. The van der Waals surface area contributed by atoms with Crippen LogP contribution < -0.4 is 0 Å². The Balaban J connectivity index is 2.67. The summed E-state index contributed by atoms with van der Waals surface area (Å²) in [5.74, 6) is -0.336. The number of carbonyl (C=O) groups excluding carboxylic acids is 1. The smallest absolute Gasteiger partial charge is 0.324 e. The Bertz CT molecular complexity index is 348. The summed E-state index contributed by atoms with van der Waals surface area (Å²) < 4.78 is 4.90. The Kier molecular flexibility index (Phi) is 4.85. The van der Waals surface area contributed by atoms with E-state index in [1.807, 2.05) is 0 Å². The van der Waals surface area contributed by atoms with E-state index in [-0.39, 0.29) is 12.6 Å². The van der Waals surface area contributed by atoms with Crippen LogP contribution in [-0.4, -0.2) is 12.6 Å². The summed E-state index contributed by atoms with van der Waals surface area (Å²) in [6, 6.07) is 7.01. The lowest BCUT2D eigenvalue weighted by molar-refractivity contribution is -0.141. The van der Waals surface area contributed by atoms with Gasteiger partial charge in [0.15, 0.2) is 0 Å². The normalized spacial score (nSPS) is 11.9. The van der Waals surface area contributed by atoms with Gasteiger partial charge in [0.2, 0.25) is 0 Å². The molecule has 1 atom stereocenters. The average Bonchev–Trinajstić information content (AvgIpc) is 2.26. The molecule has 0 heterocycles. The number of carbonyl (C=O) groups is 1. The molecule has 0 N–H and O–H groups in total. The highest BCUT2D eigenvalue weighted by Crippen LogP contribution is 2.25. The molecule has 2 nitrogen and oxygen atoms in total. The van der Waals surface area contributed by atoms with Gasteiger partial charge >= 0.3 is 5.97 Å². The van der Waals surface area contributed by atoms with Gasteiger partial charge in [-0.25, -0.2) is 0 Å². The lowest BCUT2D eigenvalue weighted by Crippen LogP contribution is -2.10. The summed E-state index contributed by atoms with van der Waals surface area (Å²) in [5.41, 5.74) is 0.813. The molecule has 1 unspecified atom stereocenters. The van der Waals surface area contributed by atoms with Gasteiger partial charge in [-0.15, -0.1) is 0 Å². The maximum absolute atomic E-state index is 11.4. The molecule has 1 aromatic carbocycles. The Labute approximate surface area is 102 Å². The molecule has 0 amide bonds.